The number of amides is 1. The van der Waals surface area contributed by atoms with E-state index in [0.717, 1.165) is 17.1 Å². The fourth-order valence-corrected chi connectivity index (χ4v) is 3.63. The Balaban J connectivity index is 1.66. The van der Waals surface area contributed by atoms with Crippen molar-refractivity contribution in [2.45, 2.75) is 18.1 Å². The van der Waals surface area contributed by atoms with E-state index in [0.29, 0.717) is 29.6 Å². The summed E-state index contributed by atoms with van der Waals surface area (Å²) in [7, 11) is 3.21. The molecule has 1 heterocycles. The maximum absolute atomic E-state index is 12.4. The number of nitrogens with zero attached hydrogens (tertiary/aromatic N) is 3. The van der Waals surface area contributed by atoms with E-state index in [1.807, 2.05) is 41.0 Å². The molecule has 0 fully saturated rings. The largest absolute Gasteiger partial charge is 0.497 e. The summed E-state index contributed by atoms with van der Waals surface area (Å²) < 4.78 is 12.4. The zero-order chi connectivity index (χ0) is 21.3. The topological polar surface area (TPSA) is 78.3 Å². The van der Waals surface area contributed by atoms with Gasteiger partial charge in [0.15, 0.2) is 5.16 Å². The van der Waals surface area contributed by atoms with E-state index < -0.39 is 0 Å². The number of carbonyl (C=O) groups is 1. The maximum Gasteiger partial charge on any atom is 0.234 e. The Morgan fingerprint density at radius 3 is 2.60 bits per heavy atom. The van der Waals surface area contributed by atoms with E-state index in [9.17, 15) is 4.79 Å². The van der Waals surface area contributed by atoms with Crippen molar-refractivity contribution in [3.63, 3.8) is 0 Å². The standard InChI is InChI=1S/C22H24N4O3S/c1-4-13-26-20(14-16-9-11-17(28-2)12-10-16)24-25-22(26)30-15-21(27)23-18-7-5-6-8-19(18)29-3/h4-12H,1,13-15H2,2-3H3,(H,23,27). The smallest absolute Gasteiger partial charge is 0.234 e. The minimum atomic E-state index is -0.144. The molecule has 156 valence electrons. The van der Waals surface area contributed by atoms with E-state index in [1.165, 1.54) is 11.8 Å². The van der Waals surface area contributed by atoms with Crippen molar-refractivity contribution in [3.05, 3.63) is 72.6 Å². The molecule has 30 heavy (non-hydrogen) atoms. The van der Waals surface area contributed by atoms with Gasteiger partial charge in [-0.25, -0.2) is 0 Å². The van der Waals surface area contributed by atoms with Gasteiger partial charge in [0, 0.05) is 13.0 Å². The summed E-state index contributed by atoms with van der Waals surface area (Å²) in [6.45, 7) is 4.39. The molecule has 0 unspecified atom stereocenters. The monoisotopic (exact) mass is 424 g/mol. The lowest BCUT2D eigenvalue weighted by Gasteiger charge is -2.10. The second kappa shape index (κ2) is 10.5. The van der Waals surface area contributed by atoms with E-state index >= 15 is 0 Å². The van der Waals surface area contributed by atoms with Gasteiger partial charge in [-0.15, -0.1) is 16.8 Å². The number of carbonyl (C=O) groups excluding carboxylic acids is 1. The van der Waals surface area contributed by atoms with Crippen molar-refractivity contribution in [3.8, 4) is 11.5 Å². The first-order valence-electron chi connectivity index (χ1n) is 9.36. The summed E-state index contributed by atoms with van der Waals surface area (Å²) in [4.78, 5) is 12.4. The van der Waals surface area contributed by atoms with Gasteiger partial charge in [0.2, 0.25) is 5.91 Å². The highest BCUT2D eigenvalue weighted by Gasteiger charge is 2.15. The van der Waals surface area contributed by atoms with Gasteiger partial charge in [-0.2, -0.15) is 0 Å². The van der Waals surface area contributed by atoms with E-state index in [-0.39, 0.29) is 11.7 Å². The molecule has 0 aliphatic carbocycles. The predicted molar refractivity (Wildman–Crippen MR) is 118 cm³/mol. The number of para-hydroxylation sites is 2. The number of methoxy groups -OCH3 is 2. The summed E-state index contributed by atoms with van der Waals surface area (Å²) >= 11 is 1.33. The van der Waals surface area contributed by atoms with Crippen LogP contribution in [0.5, 0.6) is 11.5 Å². The quantitative estimate of drug-likeness (QED) is 0.394. The van der Waals surface area contributed by atoms with Gasteiger partial charge in [0.05, 0.1) is 25.7 Å². The fourth-order valence-electron chi connectivity index (χ4n) is 2.86. The Morgan fingerprint density at radius 2 is 1.90 bits per heavy atom. The van der Waals surface area contributed by atoms with Gasteiger partial charge in [0.1, 0.15) is 17.3 Å². The van der Waals surface area contributed by atoms with Gasteiger partial charge in [-0.3, -0.25) is 4.79 Å². The SMILES string of the molecule is C=CCn1c(Cc2ccc(OC)cc2)nnc1SCC(=O)Nc1ccccc1OC. The summed E-state index contributed by atoms with van der Waals surface area (Å²) in [5.41, 5.74) is 1.73. The number of nitrogens with one attached hydrogen (secondary N) is 1. The van der Waals surface area contributed by atoms with Crippen LogP contribution in [0.3, 0.4) is 0 Å². The molecule has 1 amide bonds. The van der Waals surface area contributed by atoms with Crippen molar-refractivity contribution in [2.24, 2.45) is 0 Å². The lowest BCUT2D eigenvalue weighted by molar-refractivity contribution is -0.113. The first-order valence-corrected chi connectivity index (χ1v) is 10.3. The van der Waals surface area contributed by atoms with E-state index in [1.54, 1.807) is 32.4 Å². The van der Waals surface area contributed by atoms with Gasteiger partial charge < -0.3 is 19.4 Å². The number of aromatic nitrogens is 3. The number of ether oxygens (including phenoxy) is 2. The molecule has 0 aliphatic rings. The second-order valence-corrected chi connectivity index (χ2v) is 7.30. The van der Waals surface area contributed by atoms with Crippen LogP contribution in [0.1, 0.15) is 11.4 Å². The normalized spacial score (nSPS) is 10.5. The van der Waals surface area contributed by atoms with Gasteiger partial charge >= 0.3 is 0 Å². The Morgan fingerprint density at radius 1 is 1.13 bits per heavy atom. The van der Waals surface area contributed by atoms with Crippen LogP contribution in [-0.4, -0.2) is 40.6 Å². The number of hydrogen-bond acceptors (Lipinski definition) is 6. The van der Waals surface area contributed by atoms with Crippen LogP contribution in [0.2, 0.25) is 0 Å². The average molecular weight is 425 g/mol. The molecule has 0 saturated heterocycles. The predicted octanol–water partition coefficient (Wildman–Crippen LogP) is 3.80. The lowest BCUT2D eigenvalue weighted by atomic mass is 10.1. The molecular formula is C22H24N4O3S. The summed E-state index contributed by atoms with van der Waals surface area (Å²) in [6.07, 6.45) is 2.42. The molecule has 0 atom stereocenters. The highest BCUT2D eigenvalue weighted by Crippen LogP contribution is 2.24. The molecule has 2 aromatic carbocycles. The highest BCUT2D eigenvalue weighted by molar-refractivity contribution is 7.99. The number of hydrogen-bond donors (Lipinski definition) is 1. The molecule has 1 aromatic heterocycles. The number of benzene rings is 2. The zero-order valence-electron chi connectivity index (χ0n) is 17.0. The van der Waals surface area contributed by atoms with Crippen LogP contribution in [-0.2, 0) is 17.8 Å². The molecular weight excluding hydrogens is 400 g/mol. The summed E-state index contributed by atoms with van der Waals surface area (Å²) in [5, 5.41) is 12.1. The Labute approximate surface area is 180 Å². The van der Waals surface area contributed by atoms with Crippen LogP contribution in [0.4, 0.5) is 5.69 Å². The minimum absolute atomic E-state index is 0.144. The third-order valence-electron chi connectivity index (χ3n) is 4.34. The first kappa shape index (κ1) is 21.4. The van der Waals surface area contributed by atoms with E-state index in [2.05, 4.69) is 22.1 Å². The second-order valence-electron chi connectivity index (χ2n) is 6.36. The van der Waals surface area contributed by atoms with Crippen molar-refractivity contribution in [1.82, 2.24) is 14.8 Å². The Bertz CT molecular complexity index is 1000. The first-order chi connectivity index (χ1) is 14.6. The van der Waals surface area contributed by atoms with Crippen molar-refractivity contribution in [2.75, 3.05) is 25.3 Å². The molecule has 3 rings (SSSR count). The van der Waals surface area contributed by atoms with Gasteiger partial charge in [-0.05, 0) is 29.8 Å². The molecule has 8 heteroatoms. The van der Waals surface area contributed by atoms with E-state index in [4.69, 9.17) is 9.47 Å². The molecule has 7 nitrogen and oxygen atoms in total. The van der Waals surface area contributed by atoms with Crippen molar-refractivity contribution >= 4 is 23.4 Å². The number of thioether (sulfide) groups is 1. The van der Waals surface area contributed by atoms with Gasteiger partial charge in [-0.1, -0.05) is 42.1 Å². The molecule has 0 radical (unpaired) electrons. The Kier molecular flexibility index (Phi) is 7.51. The number of allylic oxidation sites excluding steroid dienone is 1. The maximum atomic E-state index is 12.4. The van der Waals surface area contributed by atoms with Crippen LogP contribution in [0, 0.1) is 0 Å². The van der Waals surface area contributed by atoms with Crippen LogP contribution in [0.15, 0.2) is 66.3 Å². The third kappa shape index (κ3) is 5.42. The molecule has 0 spiro atoms. The summed E-state index contributed by atoms with van der Waals surface area (Å²) in [5.74, 6) is 2.30. The number of rotatable bonds is 10. The number of anilines is 1. The van der Waals surface area contributed by atoms with Gasteiger partial charge in [0.25, 0.3) is 0 Å². The third-order valence-corrected chi connectivity index (χ3v) is 5.31. The molecule has 3 aromatic rings. The lowest BCUT2D eigenvalue weighted by Crippen LogP contribution is -2.15. The van der Waals surface area contributed by atoms with Crippen LogP contribution >= 0.6 is 11.8 Å². The molecule has 0 bridgehead atoms. The van der Waals surface area contributed by atoms with Crippen LogP contribution in [0.25, 0.3) is 0 Å². The molecule has 0 saturated carbocycles. The molecule has 0 aliphatic heterocycles. The van der Waals surface area contributed by atoms with Crippen molar-refractivity contribution < 1.29 is 14.3 Å². The zero-order valence-corrected chi connectivity index (χ0v) is 17.8. The van der Waals surface area contributed by atoms with Crippen molar-refractivity contribution in [1.29, 1.82) is 0 Å². The fraction of sp³-hybridized carbons (Fsp3) is 0.227. The highest BCUT2D eigenvalue weighted by atomic mass is 32.2. The Hall–Kier alpha value is -3.26. The molecule has 1 N–H and O–H groups in total. The average Bonchev–Trinajstić information content (AvgIpc) is 3.14. The van der Waals surface area contributed by atoms with Crippen LogP contribution < -0.4 is 14.8 Å². The summed E-state index contributed by atoms with van der Waals surface area (Å²) in [6, 6.07) is 15.1. The minimum Gasteiger partial charge on any atom is -0.497 e.